The largest absolute Gasteiger partial charge is 0.465 e. The Bertz CT molecular complexity index is 500. The van der Waals surface area contributed by atoms with Crippen LogP contribution in [0.4, 0.5) is 5.69 Å². The van der Waals surface area contributed by atoms with Crippen LogP contribution in [-0.2, 0) is 14.2 Å². The molecular weight excluding hydrogens is 254 g/mol. The van der Waals surface area contributed by atoms with Crippen LogP contribution in [0, 0.1) is 0 Å². The van der Waals surface area contributed by atoms with Crippen LogP contribution in [0.15, 0.2) is 12.1 Å². The molecule has 1 aromatic rings. The number of hydrogen-bond donors (Lipinski definition) is 1. The molecule has 1 rings (SSSR count). The highest BCUT2D eigenvalue weighted by molar-refractivity contribution is 6.11. The summed E-state index contributed by atoms with van der Waals surface area (Å²) in [4.78, 5) is 35.0. The zero-order chi connectivity index (χ0) is 14.6. The first-order chi connectivity index (χ1) is 8.96. The van der Waals surface area contributed by atoms with Crippen LogP contribution < -0.4 is 5.73 Å². The quantitative estimate of drug-likeness (QED) is 0.486. The summed E-state index contributed by atoms with van der Waals surface area (Å²) in [5.41, 5.74) is 5.15. The molecule has 0 amide bonds. The highest BCUT2D eigenvalue weighted by atomic mass is 16.5. The van der Waals surface area contributed by atoms with Crippen LogP contribution in [0.3, 0.4) is 0 Å². The smallest absolute Gasteiger partial charge is 0.339 e. The molecular formula is C12H13NO6. The Morgan fingerprint density at radius 3 is 1.53 bits per heavy atom. The van der Waals surface area contributed by atoms with Crippen LogP contribution >= 0.6 is 0 Å². The lowest BCUT2D eigenvalue weighted by Gasteiger charge is -2.11. The van der Waals surface area contributed by atoms with E-state index in [4.69, 9.17) is 5.73 Å². The Morgan fingerprint density at radius 2 is 1.21 bits per heavy atom. The Morgan fingerprint density at radius 1 is 0.842 bits per heavy atom. The predicted octanol–water partition coefficient (Wildman–Crippen LogP) is 0.629. The number of hydrogen-bond acceptors (Lipinski definition) is 7. The van der Waals surface area contributed by atoms with Crippen LogP contribution in [0.5, 0.6) is 0 Å². The van der Waals surface area contributed by atoms with Gasteiger partial charge in [0, 0.05) is 5.69 Å². The summed E-state index contributed by atoms with van der Waals surface area (Å²) in [6, 6.07) is 2.45. The molecule has 0 bridgehead atoms. The number of benzene rings is 1. The zero-order valence-corrected chi connectivity index (χ0v) is 10.7. The van der Waals surface area contributed by atoms with E-state index in [2.05, 4.69) is 14.2 Å². The molecule has 1 aromatic carbocycles. The number of esters is 3. The molecule has 0 spiro atoms. The average molecular weight is 267 g/mol. The molecule has 0 saturated carbocycles. The first-order valence-corrected chi connectivity index (χ1v) is 5.14. The normalized spacial score (nSPS) is 9.63. The van der Waals surface area contributed by atoms with Crippen molar-refractivity contribution >= 4 is 23.6 Å². The van der Waals surface area contributed by atoms with Gasteiger partial charge in [0.15, 0.2) is 0 Å². The zero-order valence-electron chi connectivity index (χ0n) is 10.7. The van der Waals surface area contributed by atoms with Crippen LogP contribution in [0.25, 0.3) is 0 Å². The molecule has 0 aliphatic heterocycles. The molecule has 7 nitrogen and oxygen atoms in total. The second kappa shape index (κ2) is 5.85. The summed E-state index contributed by atoms with van der Waals surface area (Å²) in [6.07, 6.45) is 0. The van der Waals surface area contributed by atoms with Gasteiger partial charge in [-0.1, -0.05) is 0 Å². The molecule has 0 atom stereocenters. The van der Waals surface area contributed by atoms with Gasteiger partial charge in [-0.3, -0.25) is 0 Å². The SMILES string of the molecule is COC(=O)c1cc(N)cc(C(=O)OC)c1C(=O)OC. The lowest BCUT2D eigenvalue weighted by Crippen LogP contribution is -2.18. The van der Waals surface area contributed by atoms with E-state index in [0.717, 1.165) is 21.3 Å². The first kappa shape index (κ1) is 14.5. The van der Waals surface area contributed by atoms with E-state index in [9.17, 15) is 14.4 Å². The molecule has 0 heterocycles. The van der Waals surface area contributed by atoms with Crippen molar-refractivity contribution in [1.29, 1.82) is 0 Å². The molecule has 0 aliphatic carbocycles. The van der Waals surface area contributed by atoms with Crippen molar-refractivity contribution in [2.75, 3.05) is 27.1 Å². The van der Waals surface area contributed by atoms with Crippen molar-refractivity contribution in [2.45, 2.75) is 0 Å². The van der Waals surface area contributed by atoms with Gasteiger partial charge in [0.05, 0.1) is 38.0 Å². The fraction of sp³-hybridized carbons (Fsp3) is 0.250. The van der Waals surface area contributed by atoms with Gasteiger partial charge in [0.25, 0.3) is 0 Å². The number of methoxy groups -OCH3 is 3. The maximum atomic E-state index is 11.7. The maximum Gasteiger partial charge on any atom is 0.339 e. The van der Waals surface area contributed by atoms with Crippen LogP contribution in [0.2, 0.25) is 0 Å². The Kier molecular flexibility index (Phi) is 4.46. The molecule has 0 radical (unpaired) electrons. The monoisotopic (exact) mass is 267 g/mol. The minimum absolute atomic E-state index is 0.119. The van der Waals surface area contributed by atoms with E-state index < -0.39 is 17.9 Å². The van der Waals surface area contributed by atoms with Crippen molar-refractivity contribution in [3.8, 4) is 0 Å². The molecule has 0 fully saturated rings. The topological polar surface area (TPSA) is 105 Å². The average Bonchev–Trinajstić information content (AvgIpc) is 2.43. The predicted molar refractivity (Wildman–Crippen MR) is 64.9 cm³/mol. The van der Waals surface area contributed by atoms with Crippen molar-refractivity contribution in [3.05, 3.63) is 28.8 Å². The molecule has 2 N–H and O–H groups in total. The Hall–Kier alpha value is -2.57. The molecule has 0 aromatic heterocycles. The third-order valence-electron chi connectivity index (χ3n) is 2.36. The molecule has 7 heteroatoms. The van der Waals surface area contributed by atoms with Gasteiger partial charge in [0.2, 0.25) is 0 Å². The number of anilines is 1. The molecule has 19 heavy (non-hydrogen) atoms. The van der Waals surface area contributed by atoms with E-state index in [1.165, 1.54) is 12.1 Å². The van der Waals surface area contributed by atoms with Crippen LogP contribution in [-0.4, -0.2) is 39.2 Å². The lowest BCUT2D eigenvalue weighted by molar-refractivity contribution is 0.0536. The number of rotatable bonds is 3. The fourth-order valence-electron chi connectivity index (χ4n) is 1.53. The van der Waals surface area contributed by atoms with Crippen molar-refractivity contribution < 1.29 is 28.6 Å². The van der Waals surface area contributed by atoms with Gasteiger partial charge >= 0.3 is 17.9 Å². The van der Waals surface area contributed by atoms with E-state index in [0.29, 0.717) is 0 Å². The van der Waals surface area contributed by atoms with Gasteiger partial charge in [-0.2, -0.15) is 0 Å². The minimum atomic E-state index is -0.860. The van der Waals surface area contributed by atoms with E-state index >= 15 is 0 Å². The third kappa shape index (κ3) is 2.82. The number of nitrogens with two attached hydrogens (primary N) is 1. The van der Waals surface area contributed by atoms with Gasteiger partial charge < -0.3 is 19.9 Å². The van der Waals surface area contributed by atoms with Gasteiger partial charge in [0.1, 0.15) is 0 Å². The number of nitrogen functional groups attached to an aromatic ring is 1. The molecule has 0 saturated heterocycles. The maximum absolute atomic E-state index is 11.7. The highest BCUT2D eigenvalue weighted by Crippen LogP contribution is 2.22. The number of carbonyl (C=O) groups is 3. The van der Waals surface area contributed by atoms with Gasteiger partial charge in [-0.15, -0.1) is 0 Å². The van der Waals surface area contributed by atoms with E-state index in [1.54, 1.807) is 0 Å². The van der Waals surface area contributed by atoms with Gasteiger partial charge in [-0.05, 0) is 12.1 Å². The van der Waals surface area contributed by atoms with E-state index in [-0.39, 0.29) is 22.4 Å². The third-order valence-corrected chi connectivity index (χ3v) is 2.36. The summed E-state index contributed by atoms with van der Waals surface area (Å²) >= 11 is 0. The van der Waals surface area contributed by atoms with Gasteiger partial charge in [-0.25, -0.2) is 14.4 Å². The molecule has 0 aliphatic rings. The summed E-state index contributed by atoms with van der Waals surface area (Å²) in [7, 11) is 3.41. The second-order valence-corrected chi connectivity index (χ2v) is 3.47. The van der Waals surface area contributed by atoms with Crippen molar-refractivity contribution in [1.82, 2.24) is 0 Å². The standard InChI is InChI=1S/C12H13NO6/c1-17-10(14)7-4-6(13)5-8(11(15)18-2)9(7)12(16)19-3/h4-5H,13H2,1-3H3. The Balaban J connectivity index is 3.62. The number of carbonyl (C=O) groups excluding carboxylic acids is 3. The summed E-state index contributed by atoms with van der Waals surface area (Å²) in [5.74, 6) is -2.48. The second-order valence-electron chi connectivity index (χ2n) is 3.47. The number of ether oxygens (including phenoxy) is 3. The van der Waals surface area contributed by atoms with Crippen molar-refractivity contribution in [3.63, 3.8) is 0 Å². The fourth-order valence-corrected chi connectivity index (χ4v) is 1.53. The lowest BCUT2D eigenvalue weighted by atomic mass is 9.99. The van der Waals surface area contributed by atoms with Crippen LogP contribution in [0.1, 0.15) is 31.1 Å². The highest BCUT2D eigenvalue weighted by Gasteiger charge is 2.27. The first-order valence-electron chi connectivity index (χ1n) is 5.14. The van der Waals surface area contributed by atoms with Crippen molar-refractivity contribution in [2.24, 2.45) is 0 Å². The summed E-state index contributed by atoms with van der Waals surface area (Å²) in [6.45, 7) is 0. The summed E-state index contributed by atoms with van der Waals surface area (Å²) < 4.78 is 13.6. The minimum Gasteiger partial charge on any atom is -0.465 e. The summed E-state index contributed by atoms with van der Waals surface area (Å²) in [5, 5.41) is 0. The molecule has 102 valence electrons. The molecule has 0 unspecified atom stereocenters. The van der Waals surface area contributed by atoms with E-state index in [1.807, 2.05) is 0 Å². The Labute approximate surface area is 109 Å².